The van der Waals surface area contributed by atoms with E-state index in [1.165, 1.54) is 13.8 Å². The number of likely N-dealkylation sites (tertiary alicyclic amines) is 1. The molecule has 1 heterocycles. The van der Waals surface area contributed by atoms with Crippen LogP contribution in [0.4, 0.5) is 0 Å². The summed E-state index contributed by atoms with van der Waals surface area (Å²) >= 11 is 4.07. The van der Waals surface area contributed by atoms with Crippen molar-refractivity contribution >= 4 is 166 Å². The lowest BCUT2D eigenvalue weighted by Gasteiger charge is -2.31. The third-order valence-corrected chi connectivity index (χ3v) is 19.9. The van der Waals surface area contributed by atoms with Crippen LogP contribution in [0.1, 0.15) is 151 Å². The first-order chi connectivity index (χ1) is 61.8. The molecule has 132 heavy (non-hydrogen) atoms. The minimum absolute atomic E-state index is 0.0282. The zero-order chi connectivity index (χ0) is 101. The summed E-state index contributed by atoms with van der Waals surface area (Å²) in [6.45, 7) is 4.47. The largest absolute Gasteiger partial charge is 0.481 e. The summed E-state index contributed by atoms with van der Waals surface area (Å²) < 4.78 is 0. The molecule has 0 spiro atoms. The molecular formula is C76H124N24O31S. The van der Waals surface area contributed by atoms with Crippen molar-refractivity contribution in [3.8, 4) is 0 Å². The van der Waals surface area contributed by atoms with Gasteiger partial charge in [0.05, 0.1) is 64.6 Å². The molecule has 22 amide bonds. The molecule has 1 saturated heterocycles. The highest BCUT2D eigenvalue weighted by Gasteiger charge is 2.41. The van der Waals surface area contributed by atoms with Gasteiger partial charge < -0.3 is 155 Å². The van der Waals surface area contributed by atoms with Gasteiger partial charge in [0.15, 0.2) is 0 Å². The Morgan fingerprint density at radius 2 is 0.803 bits per heavy atom. The second-order valence-electron chi connectivity index (χ2n) is 31.3. The molecule has 33 N–H and O–H groups in total. The van der Waals surface area contributed by atoms with Crippen molar-refractivity contribution in [2.45, 2.75) is 236 Å². The Morgan fingerprint density at radius 3 is 1.30 bits per heavy atom. The Kier molecular flexibility index (Phi) is 53.2. The van der Waals surface area contributed by atoms with E-state index in [1.807, 2.05) is 16.0 Å². The highest BCUT2D eigenvalue weighted by Crippen LogP contribution is 2.20. The Labute approximate surface area is 761 Å². The maximum absolute atomic E-state index is 14.3. The number of carboxylic acids is 4. The van der Waals surface area contributed by atoms with Gasteiger partial charge in [0.1, 0.15) is 85.1 Å². The average Bonchev–Trinajstić information content (AvgIpc) is 1.78. The van der Waals surface area contributed by atoms with E-state index in [9.17, 15) is 145 Å². The van der Waals surface area contributed by atoms with Gasteiger partial charge in [0, 0.05) is 31.6 Å². The van der Waals surface area contributed by atoms with Gasteiger partial charge in [-0.25, -0.2) is 0 Å². The van der Waals surface area contributed by atoms with Crippen molar-refractivity contribution in [1.29, 1.82) is 0 Å². The van der Waals surface area contributed by atoms with E-state index in [2.05, 4.69) is 92.4 Å². The Morgan fingerprint density at radius 1 is 0.386 bits per heavy atom. The zero-order valence-electron chi connectivity index (χ0n) is 73.8. The van der Waals surface area contributed by atoms with Gasteiger partial charge in [0.2, 0.25) is 130 Å². The number of aliphatic carboxylic acids is 4. The predicted octanol–water partition coefficient (Wildman–Crippen LogP) is -14.1. The number of rotatable bonds is 64. The average molecular weight is 1900 g/mol. The summed E-state index contributed by atoms with van der Waals surface area (Å²) in [4.78, 5) is 337. The van der Waals surface area contributed by atoms with E-state index in [0.29, 0.717) is 6.42 Å². The molecule has 0 bridgehead atoms. The third-order valence-electron chi connectivity index (χ3n) is 19.5. The van der Waals surface area contributed by atoms with E-state index < -0.39 is 347 Å². The fourth-order valence-electron chi connectivity index (χ4n) is 12.2. The maximum Gasteiger partial charge on any atom is 0.322 e. The molecule has 0 aromatic heterocycles. The minimum atomic E-state index is -2.08. The number of thiol groups is 1. The fraction of sp³-hybridized carbons (Fsp3) is 0.658. The number of carboxylic acid groups (broad SMARTS) is 4. The van der Waals surface area contributed by atoms with Gasteiger partial charge in [-0.1, -0.05) is 48.0 Å². The number of unbranched alkanes of at least 4 members (excludes halogenated alkanes) is 1. The first-order valence-electron chi connectivity index (χ1n) is 41.8. The molecule has 0 unspecified atom stereocenters. The lowest BCUT2D eigenvalue weighted by Crippen LogP contribution is -2.62. The summed E-state index contributed by atoms with van der Waals surface area (Å²) in [5, 5.41) is 88.0. The topological polar surface area (TPSA) is 895 Å². The summed E-state index contributed by atoms with van der Waals surface area (Å²) in [5.74, 6) is -31.9. The first-order valence-corrected chi connectivity index (χ1v) is 42.4. The Hall–Kier alpha value is -13.5. The highest BCUT2D eigenvalue weighted by atomic mass is 32.1. The van der Waals surface area contributed by atoms with Crippen molar-refractivity contribution in [3.63, 3.8) is 0 Å². The number of carbonyl (C=O) groups excluding carboxylic acids is 22. The second kappa shape index (κ2) is 60.4. The summed E-state index contributed by atoms with van der Waals surface area (Å²) in [5.41, 5.74) is 27.0. The molecule has 0 aromatic carbocycles. The lowest BCUT2D eigenvalue weighted by molar-refractivity contribution is -0.142. The quantitative estimate of drug-likeness (QED) is 0.0199. The van der Waals surface area contributed by atoms with Crippen molar-refractivity contribution in [2.75, 3.05) is 64.7 Å². The highest BCUT2D eigenvalue weighted by molar-refractivity contribution is 7.80. The van der Waals surface area contributed by atoms with Crippen LogP contribution in [-0.4, -0.2) is 334 Å². The summed E-state index contributed by atoms with van der Waals surface area (Å²) in [6.07, 6.45) is -5.04. The van der Waals surface area contributed by atoms with Crippen molar-refractivity contribution in [3.05, 3.63) is 0 Å². The van der Waals surface area contributed by atoms with Crippen molar-refractivity contribution in [2.24, 2.45) is 46.4 Å². The number of aliphatic hydroxyl groups excluding tert-OH is 1. The Balaban J connectivity index is 3.13. The third kappa shape index (κ3) is 45.6. The van der Waals surface area contributed by atoms with Crippen LogP contribution in [0, 0.1) is 17.8 Å². The van der Waals surface area contributed by atoms with Crippen LogP contribution in [0.2, 0.25) is 0 Å². The number of aliphatic hydroxyl groups is 1. The lowest BCUT2D eigenvalue weighted by atomic mass is 9.95. The summed E-state index contributed by atoms with van der Waals surface area (Å²) in [6, 6.07) is -22.8. The van der Waals surface area contributed by atoms with Crippen LogP contribution >= 0.6 is 12.6 Å². The normalized spacial score (nSPS) is 15.2. The second-order valence-corrected chi connectivity index (χ2v) is 31.6. The number of nitrogens with one attached hydrogen (secondary N) is 18. The van der Waals surface area contributed by atoms with Crippen LogP contribution in [-0.2, 0) is 125 Å². The molecule has 15 atom stereocenters. The molecule has 1 aliphatic heterocycles. The molecule has 0 radical (unpaired) electrons. The monoisotopic (exact) mass is 1900 g/mol. The molecular weight excluding hydrogens is 1780 g/mol. The van der Waals surface area contributed by atoms with E-state index in [0.717, 1.165) is 11.8 Å². The van der Waals surface area contributed by atoms with E-state index in [-0.39, 0.29) is 70.4 Å². The molecule has 740 valence electrons. The van der Waals surface area contributed by atoms with Gasteiger partial charge in [-0.15, -0.1) is 0 Å². The summed E-state index contributed by atoms with van der Waals surface area (Å²) in [7, 11) is 0. The van der Waals surface area contributed by atoms with Crippen molar-refractivity contribution in [1.82, 2.24) is 101 Å². The molecule has 1 aliphatic rings. The molecule has 0 aliphatic carbocycles. The number of carbonyl (C=O) groups is 26. The van der Waals surface area contributed by atoms with E-state index >= 15 is 0 Å². The van der Waals surface area contributed by atoms with Gasteiger partial charge in [-0.05, 0) is 89.0 Å². The minimum Gasteiger partial charge on any atom is -0.481 e. The molecule has 1 rings (SSSR count). The van der Waals surface area contributed by atoms with Crippen molar-refractivity contribution < 1.29 is 150 Å². The van der Waals surface area contributed by atoms with Gasteiger partial charge in [-0.2, -0.15) is 12.6 Å². The van der Waals surface area contributed by atoms with Gasteiger partial charge in [-0.3, -0.25) is 125 Å². The van der Waals surface area contributed by atoms with E-state index in [4.69, 9.17) is 33.8 Å². The molecule has 1 fully saturated rings. The fourth-order valence-corrected chi connectivity index (χ4v) is 12.4. The maximum atomic E-state index is 14.3. The molecule has 0 saturated carbocycles. The van der Waals surface area contributed by atoms with Crippen LogP contribution in [0.3, 0.4) is 0 Å². The van der Waals surface area contributed by atoms with Crippen LogP contribution in [0.15, 0.2) is 0 Å². The van der Waals surface area contributed by atoms with Crippen LogP contribution in [0.5, 0.6) is 0 Å². The SMILES string of the molecule is CC[C@H](C)[C@H](NC(=O)[C@H](CC(C)C)NC(=O)[C@@H]1CCCN1C(=O)CNC(=O)CNC(=O)[C@H](CO)NC(=O)[C@H](CC(=O)O)NC(=O)CNC(=O)[C@H](CCC(N)=O)NC(=O)[C@H](CS)NC(=O)[C@H](C)NC(=O)[C@H](CC(=O)O)NC(=O)[C@H](CCCCN)NC(=O)CNC(=O)CNC(=O)[C@@H](N)CCC(N)=O)C(=O)N[C@H](C(=O)N[C@@H](CC(N)=O)C(=O)N[C@@H](CCC(=O)O)C(=O)NCC(=O)O)C(C)C. The number of nitrogens with zero attached hydrogens (tertiary/aromatic N) is 1. The number of amides is 22. The number of hydrogen-bond acceptors (Lipinski definition) is 30. The standard InChI is InChI=1S/C76H124N24O31S/c1-8-36(6)62(76(131)98-61(35(4)5)75(130)95-43(23-51(81)104)70(125)91-41(16-19-57(110)111)66(121)87-31-60(116)117)99-72(127)42(22-34(2)3)94-74(129)48-13-11-21-100(48)56(109)30-83-53(106)27-85-67(122)46(32-101)96-71(126)44(24-58(112)113)90-55(108)29-86-65(120)40(15-18-50(80)103)92-73(128)47(33-132)97-63(118)37(7)88-69(124)45(25-59(114)115)93-68(123)39(12-9-10-20-77)89-54(107)28-82-52(105)26-84-64(119)38(78)14-17-49(79)102/h34-48,61-62,101,132H,8-33,77-78H2,1-7H3,(H2,79,102)(H2,80,103)(H2,81,104)(H,82,105)(H,83,106)(H,84,119)(H,85,122)(H,86,120)(H,87,121)(H,88,124)(H,89,107)(H,90,108)(H,91,125)(H,92,128)(H,93,123)(H,94,129)(H,95,130)(H,96,126)(H,97,118)(H,98,131)(H,99,127)(H,110,111)(H,112,113)(H,114,115)(H,116,117)/t36-,37-,38-,39-,40-,41-,42-,43-,44-,45-,46-,47-,48-,61-,62-/m0/s1. The molecule has 56 heteroatoms. The predicted molar refractivity (Wildman–Crippen MR) is 457 cm³/mol. The number of hydrogen-bond donors (Lipinski definition) is 29. The van der Waals surface area contributed by atoms with Crippen LogP contribution < -0.4 is 124 Å². The van der Waals surface area contributed by atoms with Crippen LogP contribution in [0.25, 0.3) is 0 Å². The van der Waals surface area contributed by atoms with Gasteiger partial charge in [0.25, 0.3) is 0 Å². The molecule has 0 aromatic rings. The number of primary amides is 3. The number of nitrogens with two attached hydrogens (primary N) is 5. The first kappa shape index (κ1) is 116. The smallest absolute Gasteiger partial charge is 0.322 e. The van der Waals surface area contributed by atoms with Gasteiger partial charge >= 0.3 is 23.9 Å². The zero-order valence-corrected chi connectivity index (χ0v) is 74.7. The van der Waals surface area contributed by atoms with E-state index in [1.54, 1.807) is 27.7 Å². The molecule has 55 nitrogen and oxygen atoms in total. The Bertz CT molecular complexity index is 4140.